The van der Waals surface area contributed by atoms with Gasteiger partial charge >= 0.3 is 0 Å². The van der Waals surface area contributed by atoms with Crippen LogP contribution < -0.4 is 10.1 Å². The Bertz CT molecular complexity index is 1410. The average Bonchev–Trinajstić information content (AvgIpc) is 3.20. The second-order valence-corrected chi connectivity index (χ2v) is 8.18. The monoisotopic (exact) mass is 467 g/mol. The van der Waals surface area contributed by atoms with Crippen LogP contribution in [0.2, 0.25) is 0 Å². The molecule has 8 nitrogen and oxygen atoms in total. The van der Waals surface area contributed by atoms with Gasteiger partial charge in [-0.3, -0.25) is 14.4 Å². The zero-order valence-electron chi connectivity index (χ0n) is 24.3. The molecule has 1 unspecified atom stereocenters. The first kappa shape index (κ1) is 16.1. The van der Waals surface area contributed by atoms with E-state index in [9.17, 15) is 14.4 Å². The van der Waals surface area contributed by atoms with E-state index in [1.54, 1.807) is 6.07 Å². The van der Waals surface area contributed by atoms with Crippen LogP contribution in [0.25, 0.3) is 0 Å². The fourth-order valence-electron chi connectivity index (χ4n) is 4.14. The maximum absolute atomic E-state index is 13.1. The zero-order valence-corrected chi connectivity index (χ0v) is 18.3. The normalized spacial score (nSPS) is 23.8. The Balaban J connectivity index is 1.42. The number of hydrogen-bond donors (Lipinski definition) is 1. The fraction of sp³-hybridized carbons (Fsp3) is 0.346. The zero-order chi connectivity index (χ0) is 29.0. The third-order valence-corrected chi connectivity index (χ3v) is 5.91. The summed E-state index contributed by atoms with van der Waals surface area (Å²) in [6.07, 6.45) is 0.927. The number of morpholine rings is 1. The lowest BCUT2D eigenvalue weighted by molar-refractivity contribution is -0.143. The van der Waals surface area contributed by atoms with Crippen LogP contribution in [-0.2, 0) is 33.9 Å². The van der Waals surface area contributed by atoms with Crippen LogP contribution >= 0.6 is 0 Å². The van der Waals surface area contributed by atoms with Crippen LogP contribution in [-0.4, -0.2) is 53.3 Å². The average molecular weight is 468 g/mol. The molecule has 1 N–H and O–H groups in total. The lowest BCUT2D eigenvalue weighted by Gasteiger charge is -2.31. The van der Waals surface area contributed by atoms with Gasteiger partial charge in [-0.1, -0.05) is 36.9 Å². The highest BCUT2D eigenvalue weighted by Gasteiger charge is 2.39. The molecule has 3 aliphatic heterocycles. The minimum absolute atomic E-state index is 0.00961. The van der Waals surface area contributed by atoms with E-state index in [1.165, 1.54) is 17.0 Å². The number of rotatable bonds is 6. The molecular weight excluding hydrogens is 434 g/mol. The van der Waals surface area contributed by atoms with Crippen LogP contribution in [0.5, 0.6) is 5.75 Å². The summed E-state index contributed by atoms with van der Waals surface area (Å²) in [5.74, 6) is -1.28. The molecule has 0 radical (unpaired) electrons. The van der Waals surface area contributed by atoms with Crippen molar-refractivity contribution in [1.29, 1.82) is 0 Å². The van der Waals surface area contributed by atoms with Crippen LogP contribution in [0.15, 0.2) is 54.7 Å². The molecule has 0 aromatic heterocycles. The highest BCUT2D eigenvalue weighted by atomic mass is 16.5. The number of hydrogen-bond acceptors (Lipinski definition) is 5. The van der Waals surface area contributed by atoms with E-state index in [2.05, 4.69) is 11.9 Å². The van der Waals surface area contributed by atoms with Gasteiger partial charge in [0.1, 0.15) is 25.0 Å². The molecule has 1 atom stereocenters. The van der Waals surface area contributed by atoms with E-state index in [0.717, 1.165) is 17.0 Å². The van der Waals surface area contributed by atoms with E-state index in [-0.39, 0.29) is 55.0 Å². The molecule has 2 aromatic rings. The van der Waals surface area contributed by atoms with Gasteiger partial charge < -0.3 is 24.6 Å². The highest BCUT2D eigenvalue weighted by molar-refractivity contribution is 6.02. The van der Waals surface area contributed by atoms with Crippen molar-refractivity contribution >= 4 is 17.7 Å². The number of allylic oxidation sites excluding steroid dienone is 1. The van der Waals surface area contributed by atoms with Crippen molar-refractivity contribution in [3.8, 4) is 5.75 Å². The Kier molecular flexibility index (Phi) is 4.39. The summed E-state index contributed by atoms with van der Waals surface area (Å²) in [6, 6.07) is 5.03. The van der Waals surface area contributed by atoms with Crippen LogP contribution in [0, 0.1) is 0 Å². The maximum atomic E-state index is 13.1. The fourth-order valence-corrected chi connectivity index (χ4v) is 4.14. The van der Waals surface area contributed by atoms with Gasteiger partial charge in [-0.05, 0) is 36.1 Å². The van der Waals surface area contributed by atoms with Crippen LogP contribution in [0.1, 0.15) is 48.1 Å². The minimum Gasteiger partial charge on any atom is -0.489 e. The largest absolute Gasteiger partial charge is 0.489 e. The molecule has 3 aliphatic rings. The predicted octanol–water partition coefficient (Wildman–Crippen LogP) is 2.37. The number of fused-ring (bicyclic) bond motifs is 1. The first-order chi connectivity index (χ1) is 18.8. The van der Waals surface area contributed by atoms with E-state index < -0.39 is 42.7 Å². The van der Waals surface area contributed by atoms with Crippen molar-refractivity contribution in [2.75, 3.05) is 19.8 Å². The molecule has 0 aliphatic carbocycles. The van der Waals surface area contributed by atoms with Gasteiger partial charge in [0.2, 0.25) is 11.8 Å². The van der Waals surface area contributed by atoms with E-state index in [4.69, 9.17) is 17.7 Å². The number of nitrogens with zero attached hydrogens (tertiary/aromatic N) is 2. The van der Waals surface area contributed by atoms with Gasteiger partial charge in [0.25, 0.3) is 5.91 Å². The van der Waals surface area contributed by atoms with Crippen molar-refractivity contribution in [2.45, 2.75) is 38.5 Å². The second kappa shape index (κ2) is 9.30. The van der Waals surface area contributed by atoms with Gasteiger partial charge in [0.05, 0.1) is 21.4 Å². The Morgan fingerprint density at radius 3 is 2.79 bits per heavy atom. The van der Waals surface area contributed by atoms with E-state index in [1.807, 2.05) is 0 Å². The third kappa shape index (κ3) is 4.41. The Labute approximate surface area is 206 Å². The molecule has 2 fully saturated rings. The summed E-state index contributed by atoms with van der Waals surface area (Å²) in [5.41, 5.74) is 0.638. The minimum atomic E-state index is -2.71. The first-order valence-corrected chi connectivity index (χ1v) is 10.9. The number of ether oxygens (including phenoxy) is 2. The Morgan fingerprint density at radius 1 is 1.21 bits per heavy atom. The number of carbonyl (C=O) groups is 3. The molecule has 0 bridgehead atoms. The van der Waals surface area contributed by atoms with Gasteiger partial charge in [-0.2, -0.15) is 0 Å². The first-order valence-electron chi connectivity index (χ1n) is 13.9. The van der Waals surface area contributed by atoms with Gasteiger partial charge in [0, 0.05) is 29.9 Å². The number of piperidine rings is 1. The molecule has 2 aromatic carbocycles. The molecule has 2 saturated heterocycles. The summed E-state index contributed by atoms with van der Waals surface area (Å²) in [6.45, 7) is -1.43. The summed E-state index contributed by atoms with van der Waals surface area (Å²) in [5, 5.41) is 2.66. The number of benzene rings is 2. The molecule has 176 valence electrons. The summed E-state index contributed by atoms with van der Waals surface area (Å²) in [7, 11) is 0. The molecular formula is C26H27N3O5. The molecule has 0 spiro atoms. The standard InChI is InChI=1S/C26H27N3O5/c1-17-5-10-22(25(31)27-17)29-14-21-20(26(29)32)3-2-4-23(21)34-15-19-8-6-18(7-9-19)13-28-11-12-33-16-24(28)30/h2-4,6-9,22H,1,5,10-16H2,(H,27,31)/i8D,9D,13D2,15D2. The Morgan fingerprint density at radius 2 is 2.03 bits per heavy atom. The lowest BCUT2D eigenvalue weighted by atomic mass is 10.0. The molecule has 5 rings (SSSR count). The molecule has 0 saturated carbocycles. The highest BCUT2D eigenvalue weighted by Crippen LogP contribution is 2.34. The smallest absolute Gasteiger partial charge is 0.255 e. The summed E-state index contributed by atoms with van der Waals surface area (Å²) < 4.78 is 61.9. The van der Waals surface area contributed by atoms with Crippen molar-refractivity contribution in [3.05, 3.63) is 76.9 Å². The van der Waals surface area contributed by atoms with Gasteiger partial charge in [-0.15, -0.1) is 0 Å². The van der Waals surface area contributed by atoms with E-state index >= 15 is 0 Å². The molecule has 8 heteroatoms. The molecule has 3 amide bonds. The second-order valence-electron chi connectivity index (χ2n) is 8.18. The number of carbonyl (C=O) groups excluding carboxylic acids is 3. The summed E-state index contributed by atoms with van der Waals surface area (Å²) >= 11 is 0. The summed E-state index contributed by atoms with van der Waals surface area (Å²) in [4.78, 5) is 40.3. The van der Waals surface area contributed by atoms with Crippen molar-refractivity contribution in [2.24, 2.45) is 0 Å². The van der Waals surface area contributed by atoms with Crippen molar-refractivity contribution < 1.29 is 32.1 Å². The molecule has 3 heterocycles. The Hall–Kier alpha value is -3.65. The number of nitrogens with one attached hydrogen (secondary N) is 1. The quantitative estimate of drug-likeness (QED) is 0.705. The topological polar surface area (TPSA) is 88.2 Å². The maximum Gasteiger partial charge on any atom is 0.255 e. The van der Waals surface area contributed by atoms with Crippen molar-refractivity contribution in [1.82, 2.24) is 15.1 Å². The lowest BCUT2D eigenvalue weighted by Crippen LogP contribution is -2.49. The predicted molar refractivity (Wildman–Crippen MR) is 124 cm³/mol. The SMILES string of the molecule is [2H]c1cc(C([2H])([2H])N2CCOCC2=O)cc([2H])c1C([2H])([2H])Oc1cccc2c1CN(C1CCC(=C)NC1=O)C2=O. The van der Waals surface area contributed by atoms with E-state index in [0.29, 0.717) is 24.1 Å². The third-order valence-electron chi connectivity index (χ3n) is 5.91. The van der Waals surface area contributed by atoms with Gasteiger partial charge in [0.15, 0.2) is 0 Å². The van der Waals surface area contributed by atoms with Crippen molar-refractivity contribution in [3.63, 3.8) is 0 Å². The number of amides is 3. The van der Waals surface area contributed by atoms with Gasteiger partial charge in [-0.25, -0.2) is 0 Å². The van der Waals surface area contributed by atoms with Crippen LogP contribution in [0.4, 0.5) is 0 Å². The molecule has 34 heavy (non-hydrogen) atoms. The van der Waals surface area contributed by atoms with Crippen LogP contribution in [0.3, 0.4) is 0 Å².